The maximum atomic E-state index is 6.25. The van der Waals surface area contributed by atoms with Crippen molar-refractivity contribution < 1.29 is 4.74 Å². The molecule has 0 amide bonds. The van der Waals surface area contributed by atoms with Crippen molar-refractivity contribution in [2.24, 2.45) is 0 Å². The van der Waals surface area contributed by atoms with Crippen molar-refractivity contribution in [3.8, 4) is 0 Å². The highest BCUT2D eigenvalue weighted by atomic mass is 16.5. The van der Waals surface area contributed by atoms with E-state index in [2.05, 4.69) is 17.3 Å². The molecule has 1 spiro atoms. The molecule has 2 saturated heterocycles. The van der Waals surface area contributed by atoms with E-state index in [1.165, 1.54) is 64.3 Å². The van der Waals surface area contributed by atoms with E-state index in [0.717, 1.165) is 25.2 Å². The Morgan fingerprint density at radius 3 is 2.79 bits per heavy atom. The third-order valence-electron chi connectivity index (χ3n) is 5.56. The van der Waals surface area contributed by atoms with Gasteiger partial charge in [-0.15, -0.1) is 0 Å². The summed E-state index contributed by atoms with van der Waals surface area (Å²) in [5, 5.41) is 3.38. The Hall–Kier alpha value is -0.120. The van der Waals surface area contributed by atoms with Gasteiger partial charge in [0, 0.05) is 25.2 Å². The zero-order valence-electron chi connectivity index (χ0n) is 12.5. The van der Waals surface area contributed by atoms with Crippen molar-refractivity contribution in [3.05, 3.63) is 0 Å². The van der Waals surface area contributed by atoms with Gasteiger partial charge in [-0.1, -0.05) is 19.3 Å². The lowest BCUT2D eigenvalue weighted by molar-refractivity contribution is -0.125. The number of nitrogens with one attached hydrogen (secondary N) is 1. The molecule has 110 valence electrons. The molecular weight excluding hydrogens is 236 g/mol. The molecule has 1 aliphatic carbocycles. The molecule has 2 aliphatic heterocycles. The van der Waals surface area contributed by atoms with Crippen LogP contribution in [0.4, 0.5) is 0 Å². The van der Waals surface area contributed by atoms with Crippen molar-refractivity contribution in [1.29, 1.82) is 0 Å². The zero-order valence-corrected chi connectivity index (χ0v) is 12.5. The third-order valence-corrected chi connectivity index (χ3v) is 5.56. The molecule has 3 fully saturated rings. The standard InChI is InChI=1S/C16H30N2O/c1-17-13-15-6-5-10-18(15)14-7-11-19-16(12-14)8-3-2-4-9-16/h14-15,17H,2-13H2,1H3. The summed E-state index contributed by atoms with van der Waals surface area (Å²) in [6.07, 6.45) is 12.1. The van der Waals surface area contributed by atoms with Gasteiger partial charge in [0.1, 0.15) is 0 Å². The molecule has 0 aromatic heterocycles. The van der Waals surface area contributed by atoms with Crippen LogP contribution in [0.2, 0.25) is 0 Å². The maximum absolute atomic E-state index is 6.25. The van der Waals surface area contributed by atoms with E-state index in [1.54, 1.807) is 0 Å². The summed E-state index contributed by atoms with van der Waals surface area (Å²) in [6.45, 7) is 3.46. The fraction of sp³-hybridized carbons (Fsp3) is 1.00. The van der Waals surface area contributed by atoms with Crippen molar-refractivity contribution >= 4 is 0 Å². The van der Waals surface area contributed by atoms with Crippen LogP contribution in [0.1, 0.15) is 57.8 Å². The lowest BCUT2D eigenvalue weighted by Crippen LogP contribution is -2.52. The first-order chi connectivity index (χ1) is 9.33. The van der Waals surface area contributed by atoms with Gasteiger partial charge in [-0.2, -0.15) is 0 Å². The molecule has 3 heteroatoms. The minimum Gasteiger partial charge on any atom is -0.375 e. The first-order valence-electron chi connectivity index (χ1n) is 8.37. The van der Waals surface area contributed by atoms with Crippen LogP contribution in [0.15, 0.2) is 0 Å². The predicted octanol–water partition coefficient (Wildman–Crippen LogP) is 2.55. The summed E-state index contributed by atoms with van der Waals surface area (Å²) in [7, 11) is 2.09. The lowest BCUT2D eigenvalue weighted by atomic mass is 9.78. The molecule has 0 radical (unpaired) electrons. The summed E-state index contributed by atoms with van der Waals surface area (Å²) in [6, 6.07) is 1.56. The topological polar surface area (TPSA) is 24.5 Å². The molecule has 0 bridgehead atoms. The Kier molecular flexibility index (Phi) is 4.45. The van der Waals surface area contributed by atoms with Crippen molar-refractivity contribution in [2.75, 3.05) is 26.7 Å². The number of rotatable bonds is 3. The van der Waals surface area contributed by atoms with Gasteiger partial charge >= 0.3 is 0 Å². The molecule has 1 saturated carbocycles. The van der Waals surface area contributed by atoms with Gasteiger partial charge in [-0.05, 0) is 52.1 Å². The molecule has 2 atom stereocenters. The van der Waals surface area contributed by atoms with Crippen LogP contribution >= 0.6 is 0 Å². The Bertz CT molecular complexity index is 283. The molecule has 19 heavy (non-hydrogen) atoms. The lowest BCUT2D eigenvalue weighted by Gasteiger charge is -2.47. The quantitative estimate of drug-likeness (QED) is 0.849. The SMILES string of the molecule is CNCC1CCCN1C1CCOC2(CCCCC2)C1. The van der Waals surface area contributed by atoms with E-state index in [4.69, 9.17) is 4.74 Å². The van der Waals surface area contributed by atoms with Crippen LogP contribution in [0.25, 0.3) is 0 Å². The summed E-state index contributed by atoms with van der Waals surface area (Å²) in [5.41, 5.74) is 0.258. The highest BCUT2D eigenvalue weighted by molar-refractivity contribution is 4.96. The van der Waals surface area contributed by atoms with E-state index >= 15 is 0 Å². The second-order valence-electron chi connectivity index (χ2n) is 6.83. The van der Waals surface area contributed by atoms with E-state index in [9.17, 15) is 0 Å². The Balaban J connectivity index is 1.64. The van der Waals surface area contributed by atoms with E-state index in [0.29, 0.717) is 0 Å². The van der Waals surface area contributed by atoms with Crippen molar-refractivity contribution in [1.82, 2.24) is 10.2 Å². The monoisotopic (exact) mass is 266 g/mol. The Morgan fingerprint density at radius 1 is 1.16 bits per heavy atom. The normalized spacial score (nSPS) is 35.8. The van der Waals surface area contributed by atoms with Gasteiger partial charge < -0.3 is 10.1 Å². The van der Waals surface area contributed by atoms with Gasteiger partial charge in [-0.3, -0.25) is 4.90 Å². The molecule has 0 aromatic rings. The number of likely N-dealkylation sites (tertiary alicyclic amines) is 1. The van der Waals surface area contributed by atoms with Gasteiger partial charge in [0.2, 0.25) is 0 Å². The molecule has 3 rings (SSSR count). The Labute approximate surface area is 118 Å². The van der Waals surface area contributed by atoms with Gasteiger partial charge in [-0.25, -0.2) is 0 Å². The van der Waals surface area contributed by atoms with Crippen LogP contribution in [0.5, 0.6) is 0 Å². The average Bonchev–Trinajstić information content (AvgIpc) is 2.88. The Morgan fingerprint density at radius 2 is 2.00 bits per heavy atom. The van der Waals surface area contributed by atoms with E-state index in [-0.39, 0.29) is 5.60 Å². The second kappa shape index (κ2) is 6.11. The van der Waals surface area contributed by atoms with Crippen LogP contribution in [0.3, 0.4) is 0 Å². The zero-order chi connectivity index (χ0) is 13.1. The van der Waals surface area contributed by atoms with E-state index in [1.807, 2.05) is 0 Å². The largest absolute Gasteiger partial charge is 0.375 e. The second-order valence-corrected chi connectivity index (χ2v) is 6.83. The molecule has 2 heterocycles. The molecule has 0 aromatic carbocycles. The summed E-state index contributed by atoms with van der Waals surface area (Å²) < 4.78 is 6.25. The molecule has 3 aliphatic rings. The molecule has 2 unspecified atom stereocenters. The first kappa shape index (κ1) is 13.8. The highest BCUT2D eigenvalue weighted by Gasteiger charge is 2.42. The van der Waals surface area contributed by atoms with Crippen LogP contribution < -0.4 is 5.32 Å². The van der Waals surface area contributed by atoms with Crippen LogP contribution in [-0.2, 0) is 4.74 Å². The number of hydrogen-bond donors (Lipinski definition) is 1. The predicted molar refractivity (Wildman–Crippen MR) is 78.4 cm³/mol. The van der Waals surface area contributed by atoms with Gasteiger partial charge in [0.25, 0.3) is 0 Å². The number of ether oxygens (including phenoxy) is 1. The molecular formula is C16H30N2O. The molecule has 1 N–H and O–H groups in total. The smallest absolute Gasteiger partial charge is 0.0697 e. The van der Waals surface area contributed by atoms with Crippen molar-refractivity contribution in [3.63, 3.8) is 0 Å². The van der Waals surface area contributed by atoms with E-state index < -0.39 is 0 Å². The fourth-order valence-electron chi connectivity index (χ4n) is 4.62. The maximum Gasteiger partial charge on any atom is 0.0697 e. The van der Waals surface area contributed by atoms with Gasteiger partial charge in [0.15, 0.2) is 0 Å². The number of likely N-dealkylation sites (N-methyl/N-ethyl adjacent to an activating group) is 1. The summed E-state index contributed by atoms with van der Waals surface area (Å²) >= 11 is 0. The molecule has 3 nitrogen and oxygen atoms in total. The summed E-state index contributed by atoms with van der Waals surface area (Å²) in [5.74, 6) is 0. The van der Waals surface area contributed by atoms with Gasteiger partial charge in [0.05, 0.1) is 5.60 Å². The highest BCUT2D eigenvalue weighted by Crippen LogP contribution is 2.41. The first-order valence-corrected chi connectivity index (χ1v) is 8.37. The number of nitrogens with zero attached hydrogens (tertiary/aromatic N) is 1. The minimum atomic E-state index is 0.258. The third kappa shape index (κ3) is 2.98. The van der Waals surface area contributed by atoms with Crippen LogP contribution in [0, 0.1) is 0 Å². The number of hydrogen-bond acceptors (Lipinski definition) is 3. The fourth-order valence-corrected chi connectivity index (χ4v) is 4.62. The average molecular weight is 266 g/mol. The minimum absolute atomic E-state index is 0.258. The summed E-state index contributed by atoms with van der Waals surface area (Å²) in [4.78, 5) is 2.80. The van der Waals surface area contributed by atoms with Crippen LogP contribution in [-0.4, -0.2) is 49.3 Å². The van der Waals surface area contributed by atoms with Crippen molar-refractivity contribution in [2.45, 2.75) is 75.5 Å².